The summed E-state index contributed by atoms with van der Waals surface area (Å²) in [5.74, 6) is -1.44. The van der Waals surface area contributed by atoms with Crippen molar-refractivity contribution in [1.29, 1.82) is 0 Å². The summed E-state index contributed by atoms with van der Waals surface area (Å²) < 4.78 is 39.5. The fourth-order valence-corrected chi connectivity index (χ4v) is 9.42. The van der Waals surface area contributed by atoms with E-state index in [0.717, 1.165) is 77.0 Å². The Morgan fingerprint density at radius 1 is 0.386 bits per heavy atom. The summed E-state index contributed by atoms with van der Waals surface area (Å²) in [5, 5.41) is 9.79. The van der Waals surface area contributed by atoms with Crippen LogP contribution in [0.1, 0.15) is 303 Å². The number of carbonyl (C=O) groups is 3. The van der Waals surface area contributed by atoms with Crippen molar-refractivity contribution >= 4 is 25.7 Å². The number of hydrogen-bond donors (Lipinski definition) is 2. The smallest absolute Gasteiger partial charge is 0.462 e. The molecule has 70 heavy (non-hydrogen) atoms. The molecule has 3 atom stereocenters. The fourth-order valence-electron chi connectivity index (χ4n) is 8.63. The molecule has 0 aromatic heterocycles. The molecule has 0 amide bonds. The van der Waals surface area contributed by atoms with Gasteiger partial charge in [0.25, 0.3) is 0 Å². The summed E-state index contributed by atoms with van der Waals surface area (Å²) in [6.45, 7) is 4.66. The van der Waals surface area contributed by atoms with Crippen molar-refractivity contribution in [3.63, 3.8) is 0 Å². The fraction of sp³-hybridized carbons (Fsp3) is 0.914. The molecular formula is C58H111O11P. The highest BCUT2D eigenvalue weighted by molar-refractivity contribution is 7.47. The van der Waals surface area contributed by atoms with E-state index in [0.29, 0.717) is 19.3 Å². The van der Waals surface area contributed by atoms with E-state index in [4.69, 9.17) is 23.3 Å². The van der Waals surface area contributed by atoms with Crippen LogP contribution in [-0.4, -0.2) is 66.5 Å². The van der Waals surface area contributed by atoms with E-state index in [1.54, 1.807) is 0 Å². The Labute approximate surface area is 430 Å². The molecular weight excluding hydrogens is 904 g/mol. The van der Waals surface area contributed by atoms with Crippen molar-refractivity contribution in [1.82, 2.24) is 0 Å². The first kappa shape index (κ1) is 68.2. The van der Waals surface area contributed by atoms with Gasteiger partial charge < -0.3 is 24.2 Å². The molecule has 0 aromatic carbocycles. The van der Waals surface area contributed by atoms with E-state index < -0.39 is 57.8 Å². The minimum Gasteiger partial charge on any atom is -0.462 e. The Bertz CT molecular complexity index is 1230. The molecule has 0 heterocycles. The molecule has 0 radical (unpaired) electrons. The van der Waals surface area contributed by atoms with Crippen molar-refractivity contribution in [3.8, 4) is 0 Å². The lowest BCUT2D eigenvalue weighted by Crippen LogP contribution is -2.30. The molecule has 0 rings (SSSR count). The van der Waals surface area contributed by atoms with Crippen LogP contribution in [0.5, 0.6) is 0 Å². The lowest BCUT2D eigenvalue weighted by atomic mass is 10.0. The van der Waals surface area contributed by atoms with Gasteiger partial charge in [0.2, 0.25) is 0 Å². The maximum Gasteiger partial charge on any atom is 0.472 e. The number of rotatable bonds is 56. The van der Waals surface area contributed by atoms with E-state index in [1.807, 2.05) is 0 Å². The van der Waals surface area contributed by atoms with Crippen molar-refractivity contribution in [2.45, 2.75) is 315 Å². The van der Waals surface area contributed by atoms with Gasteiger partial charge in [-0.2, -0.15) is 0 Å². The number of phosphoric ester groups is 1. The van der Waals surface area contributed by atoms with Crippen LogP contribution in [0.25, 0.3) is 0 Å². The van der Waals surface area contributed by atoms with E-state index in [9.17, 15) is 28.9 Å². The Morgan fingerprint density at radius 3 is 1.03 bits per heavy atom. The molecule has 0 spiro atoms. The number of hydrogen-bond acceptors (Lipinski definition) is 10. The number of phosphoric acid groups is 1. The topological polar surface area (TPSA) is 155 Å². The number of ether oxygens (including phenoxy) is 3. The van der Waals surface area contributed by atoms with Gasteiger partial charge in [0.05, 0.1) is 19.8 Å². The third-order valence-corrected chi connectivity index (χ3v) is 14.1. The maximum atomic E-state index is 12.9. The van der Waals surface area contributed by atoms with Gasteiger partial charge in [0, 0.05) is 19.3 Å². The molecule has 0 fully saturated rings. The summed E-state index contributed by atoms with van der Waals surface area (Å²) in [7, 11) is -4.74. The number of esters is 3. The number of allylic oxidation sites excluding steroid dienone is 2. The van der Waals surface area contributed by atoms with Crippen LogP contribution in [0.2, 0.25) is 0 Å². The lowest BCUT2D eigenvalue weighted by molar-refractivity contribution is -0.161. The summed E-state index contributed by atoms with van der Waals surface area (Å²) >= 11 is 0. The SMILES string of the molecule is CCCC/C=C\CCCCCCCC(=O)OC(CO)COP(=O)(O)OCC(COC(=O)CCCCCCCCCCCCCCCCCCC)OC(=O)CCCCCCCCCCCCCCCCC. The zero-order valence-electron chi connectivity index (χ0n) is 45.8. The first-order valence-corrected chi connectivity index (χ1v) is 31.1. The summed E-state index contributed by atoms with van der Waals surface area (Å²) in [5.41, 5.74) is 0. The minimum atomic E-state index is -4.74. The van der Waals surface area contributed by atoms with Gasteiger partial charge in [-0.25, -0.2) is 4.57 Å². The Balaban J connectivity index is 4.66. The van der Waals surface area contributed by atoms with Crippen molar-refractivity contribution in [2.24, 2.45) is 0 Å². The van der Waals surface area contributed by atoms with Crippen molar-refractivity contribution < 1.29 is 52.2 Å². The molecule has 0 aromatic rings. The second-order valence-electron chi connectivity index (χ2n) is 20.2. The normalized spacial score (nSPS) is 13.4. The van der Waals surface area contributed by atoms with Crippen LogP contribution in [-0.2, 0) is 42.2 Å². The molecule has 0 aliphatic carbocycles. The van der Waals surface area contributed by atoms with Gasteiger partial charge in [-0.15, -0.1) is 0 Å². The first-order valence-electron chi connectivity index (χ1n) is 29.6. The Hall–Kier alpha value is -1.78. The molecule has 3 unspecified atom stereocenters. The number of aliphatic hydroxyl groups is 1. The van der Waals surface area contributed by atoms with Crippen LogP contribution in [0.15, 0.2) is 12.2 Å². The van der Waals surface area contributed by atoms with Crippen LogP contribution in [0.3, 0.4) is 0 Å². The number of unbranched alkanes of at least 4 members (excludes halogenated alkanes) is 37. The quantitative estimate of drug-likeness (QED) is 0.0197. The van der Waals surface area contributed by atoms with E-state index >= 15 is 0 Å². The Kier molecular flexibility index (Phi) is 52.1. The largest absolute Gasteiger partial charge is 0.472 e. The number of carbonyl (C=O) groups excluding carboxylic acids is 3. The number of aliphatic hydroxyl groups excluding tert-OH is 1. The van der Waals surface area contributed by atoms with Crippen LogP contribution in [0, 0.1) is 0 Å². The molecule has 2 N–H and O–H groups in total. The maximum absolute atomic E-state index is 12.9. The highest BCUT2D eigenvalue weighted by Gasteiger charge is 2.28. The highest BCUT2D eigenvalue weighted by Crippen LogP contribution is 2.43. The highest BCUT2D eigenvalue weighted by atomic mass is 31.2. The van der Waals surface area contributed by atoms with Crippen LogP contribution < -0.4 is 0 Å². The molecule has 0 bridgehead atoms. The predicted octanol–water partition coefficient (Wildman–Crippen LogP) is 17.3. The van der Waals surface area contributed by atoms with E-state index in [1.165, 1.54) is 167 Å². The van der Waals surface area contributed by atoms with Gasteiger partial charge in [-0.1, -0.05) is 258 Å². The summed E-state index contributed by atoms with van der Waals surface area (Å²) in [6.07, 6.45) is 51.7. The standard InChI is InChI=1S/C58H111O11P/c1-4-7-10-13-16-19-22-24-26-27-29-30-33-35-38-41-44-47-56(60)65-51-55(69-58(62)49-46-43-40-37-34-31-28-25-23-20-17-14-11-8-5-2)53-67-70(63,64)66-52-54(50-59)68-57(61)48-45-42-39-36-32-21-18-15-12-9-6-3/h15,18,54-55,59H,4-14,16-17,19-53H2,1-3H3,(H,63,64)/b18-15-. The zero-order chi connectivity index (χ0) is 51.3. The summed E-state index contributed by atoms with van der Waals surface area (Å²) in [4.78, 5) is 48.5. The van der Waals surface area contributed by atoms with Crippen LogP contribution in [0.4, 0.5) is 0 Å². The minimum absolute atomic E-state index is 0.172. The Morgan fingerprint density at radius 2 is 0.671 bits per heavy atom. The average molecular weight is 1020 g/mol. The zero-order valence-corrected chi connectivity index (χ0v) is 46.7. The first-order chi connectivity index (χ1) is 34.2. The monoisotopic (exact) mass is 1010 g/mol. The average Bonchev–Trinajstić information content (AvgIpc) is 3.35. The molecule has 414 valence electrons. The molecule has 0 saturated heterocycles. The van der Waals surface area contributed by atoms with Gasteiger partial charge in [0.1, 0.15) is 12.7 Å². The third kappa shape index (κ3) is 51.1. The summed E-state index contributed by atoms with van der Waals surface area (Å²) in [6, 6.07) is 0. The van der Waals surface area contributed by atoms with Crippen molar-refractivity contribution in [3.05, 3.63) is 12.2 Å². The van der Waals surface area contributed by atoms with Gasteiger partial charge in [-0.3, -0.25) is 23.4 Å². The molecule has 11 nitrogen and oxygen atoms in total. The predicted molar refractivity (Wildman–Crippen MR) is 289 cm³/mol. The second kappa shape index (κ2) is 53.5. The van der Waals surface area contributed by atoms with E-state index in [2.05, 4.69) is 32.9 Å². The molecule has 0 aliphatic rings. The lowest BCUT2D eigenvalue weighted by Gasteiger charge is -2.21. The van der Waals surface area contributed by atoms with Gasteiger partial charge in [-0.05, 0) is 38.5 Å². The molecule has 0 aliphatic heterocycles. The second-order valence-corrected chi connectivity index (χ2v) is 21.6. The molecule has 0 saturated carbocycles. The van der Waals surface area contributed by atoms with Gasteiger partial charge >= 0.3 is 25.7 Å². The molecule has 12 heteroatoms. The third-order valence-electron chi connectivity index (χ3n) is 13.2. The van der Waals surface area contributed by atoms with Crippen molar-refractivity contribution in [2.75, 3.05) is 26.4 Å². The van der Waals surface area contributed by atoms with Gasteiger partial charge in [0.15, 0.2) is 6.10 Å². The van der Waals surface area contributed by atoms with E-state index in [-0.39, 0.29) is 25.9 Å². The van der Waals surface area contributed by atoms with Crippen LogP contribution >= 0.6 is 7.82 Å².